The number of methoxy groups -OCH3 is 1. The Labute approximate surface area is 378 Å². The summed E-state index contributed by atoms with van der Waals surface area (Å²) in [6.45, 7) is 4.26. The monoisotopic (exact) mass is 939 g/mol. The Bertz CT molecular complexity index is 2020. The first-order valence-corrected chi connectivity index (χ1v) is 21.6. The van der Waals surface area contributed by atoms with Crippen LogP contribution in [-0.2, 0) is 43.1 Å². The van der Waals surface area contributed by atoms with E-state index in [9.17, 15) is 38.4 Å². The van der Waals surface area contributed by atoms with Gasteiger partial charge in [0.05, 0.1) is 39.4 Å². The number of aliphatic hydroxyl groups excluding tert-OH is 1. The summed E-state index contributed by atoms with van der Waals surface area (Å²) in [5, 5.41) is 18.7. The fourth-order valence-electron chi connectivity index (χ4n) is 7.94. The molecule has 2 unspecified atom stereocenters. The number of halogens is 4. The van der Waals surface area contributed by atoms with Crippen molar-refractivity contribution in [2.24, 2.45) is 0 Å². The number of ketones is 2. The summed E-state index contributed by atoms with van der Waals surface area (Å²) in [7, 11) is 1.22. The molecule has 4 aliphatic heterocycles. The lowest BCUT2D eigenvalue weighted by atomic mass is 9.86. The normalized spacial score (nSPS) is 21.3. The number of amides is 5. The highest BCUT2D eigenvalue weighted by Gasteiger charge is 2.49. The van der Waals surface area contributed by atoms with E-state index in [2.05, 4.69) is 30.5 Å². The molecule has 4 fully saturated rings. The van der Waals surface area contributed by atoms with Crippen LogP contribution in [0.5, 0.6) is 0 Å². The van der Waals surface area contributed by atoms with Crippen molar-refractivity contribution in [2.75, 3.05) is 82.4 Å². The second-order valence-electron chi connectivity index (χ2n) is 15.5. The van der Waals surface area contributed by atoms with E-state index in [4.69, 9.17) is 51.5 Å². The minimum Gasteiger partial charge on any atom is -0.469 e. The number of hydrogen-bond acceptors (Lipinski definition) is 12. The summed E-state index contributed by atoms with van der Waals surface area (Å²) in [5.41, 5.74) is -0.956. The van der Waals surface area contributed by atoms with Crippen LogP contribution < -0.4 is 25.8 Å². The van der Waals surface area contributed by atoms with Gasteiger partial charge in [0.1, 0.15) is 11.1 Å². The number of benzene rings is 2. The molecule has 0 bridgehead atoms. The van der Waals surface area contributed by atoms with E-state index in [1.54, 1.807) is 21.9 Å². The SMILES string of the molecule is COC(=O)CC1(CCC(=O)N2CCN(c3cc(Cl)cc(Cl)c3)CC2)NC(=O)CC1=O.O=C(CC1(CCC(=O)N2CCN(c3cc(Cl)cc(Cl)c3)CC2)NC(=O)CC1=O)NCCO. The van der Waals surface area contributed by atoms with Gasteiger partial charge in [-0.3, -0.25) is 38.4 Å². The number of nitrogens with one attached hydrogen (secondary N) is 3. The van der Waals surface area contributed by atoms with Crippen molar-refractivity contribution in [2.45, 2.75) is 62.4 Å². The molecule has 336 valence electrons. The molecule has 2 aromatic carbocycles. The smallest absolute Gasteiger partial charge is 0.308 e. The standard InChI is InChI=1S/C21H26Cl2N4O5.C20H23Cl2N3O5/c22-14-9-15(23)11-16(10-14)26-4-6-27(7-5-26)20(32)1-2-21(13-19(31)24-3-8-28)17(29)12-18(30)25-21;1-30-19(29)12-20(16(26)11-17(27)23-20)3-2-18(28)25-6-4-24(5-7-25)15-9-13(21)8-14(22)10-15/h9-11,28H,1-8,12-13H2,(H,24,31)(H,25,30);8-10H,2-7,11-12H2,1H3,(H,23,27). The molecule has 62 heavy (non-hydrogen) atoms. The fourth-order valence-corrected chi connectivity index (χ4v) is 8.97. The number of carbonyl (C=O) groups is 8. The number of rotatable bonds is 14. The van der Waals surface area contributed by atoms with E-state index in [1.807, 2.05) is 24.3 Å². The molecule has 17 nitrogen and oxygen atoms in total. The summed E-state index contributed by atoms with van der Waals surface area (Å²) < 4.78 is 4.65. The van der Waals surface area contributed by atoms with Crippen LogP contribution in [0.1, 0.15) is 51.4 Å². The van der Waals surface area contributed by atoms with E-state index < -0.39 is 40.6 Å². The Kier molecular flexibility index (Phi) is 16.8. The molecule has 21 heteroatoms. The Morgan fingerprint density at radius 2 is 1.03 bits per heavy atom. The van der Waals surface area contributed by atoms with Gasteiger partial charge in [-0.25, -0.2) is 0 Å². The van der Waals surface area contributed by atoms with Gasteiger partial charge < -0.3 is 45.4 Å². The second-order valence-corrected chi connectivity index (χ2v) is 17.2. The van der Waals surface area contributed by atoms with Crippen LogP contribution in [0, 0.1) is 0 Å². The van der Waals surface area contributed by atoms with Gasteiger partial charge in [-0.05, 0) is 49.2 Å². The summed E-state index contributed by atoms with van der Waals surface area (Å²) in [4.78, 5) is 105. The number of nitrogens with zero attached hydrogens (tertiary/aromatic N) is 4. The molecule has 2 aromatic rings. The lowest BCUT2D eigenvalue weighted by molar-refractivity contribution is -0.145. The van der Waals surface area contributed by atoms with E-state index in [0.717, 1.165) is 11.4 Å². The van der Waals surface area contributed by atoms with Crippen LogP contribution in [0.3, 0.4) is 0 Å². The van der Waals surface area contributed by atoms with Crippen molar-refractivity contribution in [3.63, 3.8) is 0 Å². The molecular formula is C41H49Cl4N7O10. The Morgan fingerprint density at radius 1 is 0.645 bits per heavy atom. The van der Waals surface area contributed by atoms with Gasteiger partial charge in [0.2, 0.25) is 29.5 Å². The van der Waals surface area contributed by atoms with E-state index in [0.29, 0.717) is 72.4 Å². The predicted octanol–water partition coefficient (Wildman–Crippen LogP) is 2.56. The summed E-state index contributed by atoms with van der Waals surface area (Å²) in [6.07, 6.45) is -0.926. The maximum atomic E-state index is 12.8. The third-order valence-electron chi connectivity index (χ3n) is 11.3. The number of ether oxygens (including phenoxy) is 1. The van der Waals surface area contributed by atoms with Gasteiger partial charge in [0, 0.05) is 103 Å². The average molecular weight is 942 g/mol. The Morgan fingerprint density at radius 3 is 1.37 bits per heavy atom. The van der Waals surface area contributed by atoms with Crippen LogP contribution in [0.2, 0.25) is 20.1 Å². The van der Waals surface area contributed by atoms with E-state index in [1.165, 1.54) is 7.11 Å². The molecule has 4 N–H and O–H groups in total. The van der Waals surface area contributed by atoms with Crippen molar-refractivity contribution < 1.29 is 48.2 Å². The van der Waals surface area contributed by atoms with Crippen LogP contribution in [0.25, 0.3) is 0 Å². The first-order valence-electron chi connectivity index (χ1n) is 20.1. The molecule has 0 aliphatic carbocycles. The van der Waals surface area contributed by atoms with Gasteiger partial charge in [-0.2, -0.15) is 0 Å². The minimum atomic E-state index is -1.38. The van der Waals surface area contributed by atoms with Crippen LogP contribution in [0.15, 0.2) is 36.4 Å². The van der Waals surface area contributed by atoms with Crippen molar-refractivity contribution in [3.8, 4) is 0 Å². The lowest BCUT2D eigenvalue weighted by Gasteiger charge is -2.37. The van der Waals surface area contributed by atoms with Gasteiger partial charge in [0.25, 0.3) is 0 Å². The largest absolute Gasteiger partial charge is 0.469 e. The molecule has 0 saturated carbocycles. The summed E-state index contributed by atoms with van der Waals surface area (Å²) in [6, 6.07) is 10.6. The highest BCUT2D eigenvalue weighted by molar-refractivity contribution is 6.35. The molecule has 4 aliphatic rings. The average Bonchev–Trinajstić information content (AvgIpc) is 3.67. The van der Waals surface area contributed by atoms with Crippen molar-refractivity contribution in [1.82, 2.24) is 25.8 Å². The first kappa shape index (κ1) is 48.4. The highest BCUT2D eigenvalue weighted by Crippen LogP contribution is 2.31. The maximum absolute atomic E-state index is 12.8. The van der Waals surface area contributed by atoms with Gasteiger partial charge in [0.15, 0.2) is 11.6 Å². The van der Waals surface area contributed by atoms with Crippen molar-refractivity contribution >= 4 is 105 Å². The van der Waals surface area contributed by atoms with E-state index >= 15 is 0 Å². The lowest BCUT2D eigenvalue weighted by Crippen LogP contribution is -2.52. The summed E-state index contributed by atoms with van der Waals surface area (Å²) >= 11 is 24.3. The third-order valence-corrected chi connectivity index (χ3v) is 12.1. The highest BCUT2D eigenvalue weighted by atomic mass is 35.5. The maximum Gasteiger partial charge on any atom is 0.308 e. The zero-order chi connectivity index (χ0) is 45.2. The van der Waals surface area contributed by atoms with Crippen molar-refractivity contribution in [3.05, 3.63) is 56.5 Å². The Balaban J connectivity index is 0.000000235. The first-order chi connectivity index (χ1) is 29.4. The zero-order valence-electron chi connectivity index (χ0n) is 34.1. The number of aliphatic hydroxyl groups is 1. The molecule has 6 rings (SSSR count). The fraction of sp³-hybridized carbons (Fsp3) is 0.512. The van der Waals surface area contributed by atoms with Gasteiger partial charge in [-0.15, -0.1) is 0 Å². The molecule has 0 spiro atoms. The number of anilines is 2. The number of piperazine rings is 2. The second kappa shape index (κ2) is 21.6. The molecule has 0 radical (unpaired) electrons. The topological polar surface area (TPSA) is 215 Å². The predicted molar refractivity (Wildman–Crippen MR) is 231 cm³/mol. The number of hydrogen-bond donors (Lipinski definition) is 4. The van der Waals surface area contributed by atoms with Crippen LogP contribution in [-0.4, -0.2) is 146 Å². The number of Topliss-reactive ketones (excluding diaryl/α,β-unsaturated/α-hetero) is 2. The molecule has 4 saturated heterocycles. The quantitative estimate of drug-likeness (QED) is 0.159. The summed E-state index contributed by atoms with van der Waals surface area (Å²) in [5.74, 6) is -3.00. The van der Waals surface area contributed by atoms with Crippen molar-refractivity contribution in [1.29, 1.82) is 0 Å². The zero-order valence-corrected chi connectivity index (χ0v) is 37.1. The van der Waals surface area contributed by atoms with Crippen LogP contribution in [0.4, 0.5) is 11.4 Å². The van der Waals surface area contributed by atoms with E-state index in [-0.39, 0.29) is 82.1 Å². The molecule has 2 atom stereocenters. The minimum absolute atomic E-state index is 0.0301. The number of esters is 1. The molecule has 5 amide bonds. The van der Waals surface area contributed by atoms with Crippen LogP contribution >= 0.6 is 46.4 Å². The molecular weight excluding hydrogens is 892 g/mol. The third kappa shape index (κ3) is 12.7. The van der Waals surface area contributed by atoms with Gasteiger partial charge >= 0.3 is 5.97 Å². The number of carbonyl (C=O) groups excluding carboxylic acids is 8. The molecule has 4 heterocycles. The Hall–Kier alpha value is -4.68. The molecule has 0 aromatic heterocycles. The van der Waals surface area contributed by atoms with Gasteiger partial charge in [-0.1, -0.05) is 46.4 Å².